The van der Waals surface area contributed by atoms with Gasteiger partial charge in [0.15, 0.2) is 0 Å². The van der Waals surface area contributed by atoms with E-state index in [-0.39, 0.29) is 0 Å². The Morgan fingerprint density at radius 2 is 1.71 bits per heavy atom. The van der Waals surface area contributed by atoms with Crippen LogP contribution in [-0.2, 0) is 6.54 Å². The average Bonchev–Trinajstić information content (AvgIpc) is 2.75. The molecule has 1 aromatic carbocycles. The van der Waals surface area contributed by atoms with Crippen molar-refractivity contribution in [3.05, 3.63) is 48.3 Å². The number of nitrogen functional groups attached to an aromatic ring is 1. The topological polar surface area (TPSA) is 58.3 Å². The maximum absolute atomic E-state index is 5.64. The predicted octanol–water partition coefficient (Wildman–Crippen LogP) is 1.77. The lowest BCUT2D eigenvalue weighted by molar-refractivity contribution is 0.285. The van der Waals surface area contributed by atoms with Gasteiger partial charge < -0.3 is 10.6 Å². The van der Waals surface area contributed by atoms with Crippen molar-refractivity contribution in [1.82, 2.24) is 14.9 Å². The first-order valence-corrected chi connectivity index (χ1v) is 7.40. The number of hydrogen-bond acceptors (Lipinski definition) is 5. The third kappa shape index (κ3) is 3.70. The number of nitrogens with zero attached hydrogens (tertiary/aromatic N) is 4. The molecule has 0 saturated carbocycles. The lowest BCUT2D eigenvalue weighted by atomic mass is 10.2. The van der Waals surface area contributed by atoms with Gasteiger partial charge in [-0.2, -0.15) is 0 Å². The van der Waals surface area contributed by atoms with E-state index in [1.54, 1.807) is 12.4 Å². The standard InChI is InChI=1S/C16H21N5/c17-15-11-18-16(19-12-15)21-8-4-7-20(9-10-21)13-14-5-2-1-3-6-14/h1-3,5-6,11-12H,4,7-10,13,17H2. The lowest BCUT2D eigenvalue weighted by Crippen LogP contribution is -2.31. The van der Waals surface area contributed by atoms with E-state index in [0.717, 1.165) is 45.1 Å². The minimum atomic E-state index is 0.610. The van der Waals surface area contributed by atoms with Gasteiger partial charge in [-0.15, -0.1) is 0 Å². The van der Waals surface area contributed by atoms with Crippen molar-refractivity contribution in [2.45, 2.75) is 13.0 Å². The Labute approximate surface area is 125 Å². The van der Waals surface area contributed by atoms with E-state index in [2.05, 4.69) is 50.1 Å². The van der Waals surface area contributed by atoms with Crippen LogP contribution in [0.3, 0.4) is 0 Å². The molecule has 2 aromatic rings. The van der Waals surface area contributed by atoms with Crippen LogP contribution in [0.1, 0.15) is 12.0 Å². The van der Waals surface area contributed by atoms with Gasteiger partial charge in [-0.1, -0.05) is 30.3 Å². The van der Waals surface area contributed by atoms with Crippen LogP contribution in [0.2, 0.25) is 0 Å². The fourth-order valence-corrected chi connectivity index (χ4v) is 2.67. The molecular formula is C16H21N5. The fraction of sp³-hybridized carbons (Fsp3) is 0.375. The van der Waals surface area contributed by atoms with E-state index in [4.69, 9.17) is 5.73 Å². The zero-order valence-corrected chi connectivity index (χ0v) is 12.2. The Morgan fingerprint density at radius 3 is 2.48 bits per heavy atom. The van der Waals surface area contributed by atoms with Gasteiger partial charge in [0.2, 0.25) is 5.95 Å². The smallest absolute Gasteiger partial charge is 0.225 e. The molecule has 0 bridgehead atoms. The summed E-state index contributed by atoms with van der Waals surface area (Å²) in [5, 5.41) is 0. The first-order valence-electron chi connectivity index (χ1n) is 7.40. The lowest BCUT2D eigenvalue weighted by Gasteiger charge is -2.21. The summed E-state index contributed by atoms with van der Waals surface area (Å²) in [6.07, 6.45) is 4.48. The molecule has 0 aliphatic carbocycles. The third-order valence-corrected chi connectivity index (χ3v) is 3.78. The highest BCUT2D eigenvalue weighted by Gasteiger charge is 2.16. The first-order chi connectivity index (χ1) is 10.3. The molecule has 0 radical (unpaired) electrons. The van der Waals surface area contributed by atoms with Gasteiger partial charge in [0.1, 0.15) is 0 Å². The number of benzene rings is 1. The summed E-state index contributed by atoms with van der Waals surface area (Å²) in [5.41, 5.74) is 7.62. The van der Waals surface area contributed by atoms with Gasteiger partial charge in [-0.25, -0.2) is 9.97 Å². The van der Waals surface area contributed by atoms with Crippen molar-refractivity contribution in [1.29, 1.82) is 0 Å². The van der Waals surface area contributed by atoms with Gasteiger partial charge in [0, 0.05) is 32.7 Å². The molecule has 5 heteroatoms. The number of aromatic nitrogens is 2. The van der Waals surface area contributed by atoms with Crippen LogP contribution in [-0.4, -0.2) is 41.0 Å². The van der Waals surface area contributed by atoms with Gasteiger partial charge in [0.05, 0.1) is 18.1 Å². The largest absolute Gasteiger partial charge is 0.396 e. The zero-order chi connectivity index (χ0) is 14.5. The summed E-state index contributed by atoms with van der Waals surface area (Å²) in [5.74, 6) is 0.783. The molecule has 2 N–H and O–H groups in total. The molecule has 0 atom stereocenters. The van der Waals surface area contributed by atoms with Crippen LogP contribution in [0.15, 0.2) is 42.7 Å². The minimum Gasteiger partial charge on any atom is -0.396 e. The van der Waals surface area contributed by atoms with Gasteiger partial charge in [-0.3, -0.25) is 4.90 Å². The quantitative estimate of drug-likeness (QED) is 0.930. The van der Waals surface area contributed by atoms with Crippen molar-refractivity contribution in [2.75, 3.05) is 36.8 Å². The second-order valence-corrected chi connectivity index (χ2v) is 5.42. The van der Waals surface area contributed by atoms with E-state index in [1.807, 2.05) is 0 Å². The Kier molecular flexibility index (Phi) is 4.31. The molecular weight excluding hydrogens is 262 g/mol. The second-order valence-electron chi connectivity index (χ2n) is 5.42. The molecule has 1 aliphatic heterocycles. The highest BCUT2D eigenvalue weighted by molar-refractivity contribution is 5.37. The van der Waals surface area contributed by atoms with Crippen LogP contribution in [0.5, 0.6) is 0 Å². The highest BCUT2D eigenvalue weighted by Crippen LogP contribution is 2.13. The van der Waals surface area contributed by atoms with E-state index >= 15 is 0 Å². The SMILES string of the molecule is Nc1cnc(N2CCCN(Cc3ccccc3)CC2)nc1. The maximum Gasteiger partial charge on any atom is 0.225 e. The molecule has 1 saturated heterocycles. The number of nitrogens with two attached hydrogens (primary N) is 1. The monoisotopic (exact) mass is 283 g/mol. The number of anilines is 2. The van der Waals surface area contributed by atoms with Crippen LogP contribution in [0.4, 0.5) is 11.6 Å². The molecule has 5 nitrogen and oxygen atoms in total. The molecule has 0 amide bonds. The van der Waals surface area contributed by atoms with Crippen LogP contribution in [0, 0.1) is 0 Å². The van der Waals surface area contributed by atoms with Crippen molar-refractivity contribution in [2.24, 2.45) is 0 Å². The summed E-state index contributed by atoms with van der Waals surface area (Å²) in [6.45, 7) is 5.10. The summed E-state index contributed by atoms with van der Waals surface area (Å²) in [7, 11) is 0. The van der Waals surface area contributed by atoms with E-state index in [0.29, 0.717) is 5.69 Å². The normalized spacial score (nSPS) is 16.7. The molecule has 3 rings (SSSR count). The average molecular weight is 283 g/mol. The first kappa shape index (κ1) is 13.8. The molecule has 21 heavy (non-hydrogen) atoms. The molecule has 1 aliphatic rings. The minimum absolute atomic E-state index is 0.610. The van der Waals surface area contributed by atoms with Crippen molar-refractivity contribution >= 4 is 11.6 Å². The van der Waals surface area contributed by atoms with E-state index < -0.39 is 0 Å². The predicted molar refractivity (Wildman–Crippen MR) is 85.0 cm³/mol. The Morgan fingerprint density at radius 1 is 0.952 bits per heavy atom. The molecule has 2 heterocycles. The highest BCUT2D eigenvalue weighted by atomic mass is 15.3. The fourth-order valence-electron chi connectivity index (χ4n) is 2.67. The summed E-state index contributed by atoms with van der Waals surface area (Å²) >= 11 is 0. The van der Waals surface area contributed by atoms with Crippen molar-refractivity contribution in [3.63, 3.8) is 0 Å². The Balaban J connectivity index is 1.60. The zero-order valence-electron chi connectivity index (χ0n) is 12.2. The number of hydrogen-bond donors (Lipinski definition) is 1. The van der Waals surface area contributed by atoms with Crippen LogP contribution >= 0.6 is 0 Å². The maximum atomic E-state index is 5.64. The summed E-state index contributed by atoms with van der Waals surface area (Å²) in [6, 6.07) is 10.6. The van der Waals surface area contributed by atoms with Crippen molar-refractivity contribution < 1.29 is 0 Å². The van der Waals surface area contributed by atoms with E-state index in [9.17, 15) is 0 Å². The van der Waals surface area contributed by atoms with Crippen LogP contribution < -0.4 is 10.6 Å². The molecule has 0 spiro atoms. The Hall–Kier alpha value is -2.14. The summed E-state index contributed by atoms with van der Waals surface area (Å²) < 4.78 is 0. The number of rotatable bonds is 3. The van der Waals surface area contributed by atoms with Gasteiger partial charge >= 0.3 is 0 Å². The van der Waals surface area contributed by atoms with Gasteiger partial charge in [0.25, 0.3) is 0 Å². The molecule has 110 valence electrons. The molecule has 1 aromatic heterocycles. The summed E-state index contributed by atoms with van der Waals surface area (Å²) in [4.78, 5) is 13.4. The third-order valence-electron chi connectivity index (χ3n) is 3.78. The van der Waals surface area contributed by atoms with Gasteiger partial charge in [-0.05, 0) is 12.0 Å². The molecule has 1 fully saturated rings. The van der Waals surface area contributed by atoms with E-state index in [1.165, 1.54) is 5.56 Å². The Bertz CT molecular complexity index is 555. The molecule has 0 unspecified atom stereocenters. The van der Waals surface area contributed by atoms with Crippen molar-refractivity contribution in [3.8, 4) is 0 Å². The van der Waals surface area contributed by atoms with Crippen LogP contribution in [0.25, 0.3) is 0 Å². The second kappa shape index (κ2) is 6.54.